The van der Waals surface area contributed by atoms with Crippen LogP contribution in [0.4, 0.5) is 0 Å². The number of rotatable bonds is 2. The maximum absolute atomic E-state index is 5.66. The summed E-state index contributed by atoms with van der Waals surface area (Å²) in [5.74, 6) is 0.805. The number of hydrogen-bond donors (Lipinski definition) is 0. The molecule has 1 rings (SSSR count). The molecule has 0 unspecified atom stereocenters. The SMILES string of the molecule is ClOc1ccc(OCl)c(Cl)c1. The minimum absolute atomic E-state index is 0.346. The highest BCUT2D eigenvalue weighted by molar-refractivity contribution is 6.32. The Morgan fingerprint density at radius 1 is 1.09 bits per heavy atom. The lowest BCUT2D eigenvalue weighted by molar-refractivity contribution is 0.602. The predicted octanol–water partition coefficient (Wildman–Crippen LogP) is 3.41. The molecule has 0 amide bonds. The van der Waals surface area contributed by atoms with Crippen molar-refractivity contribution < 1.29 is 8.58 Å². The van der Waals surface area contributed by atoms with Gasteiger partial charge in [-0.05, 0) is 12.1 Å². The van der Waals surface area contributed by atoms with Crippen molar-refractivity contribution in [3.8, 4) is 11.5 Å². The number of benzene rings is 1. The molecule has 1 aromatic rings. The van der Waals surface area contributed by atoms with E-state index in [2.05, 4.69) is 8.58 Å². The van der Waals surface area contributed by atoms with E-state index in [4.69, 9.17) is 35.3 Å². The highest BCUT2D eigenvalue weighted by Gasteiger charge is 2.02. The van der Waals surface area contributed by atoms with Crippen molar-refractivity contribution in [2.24, 2.45) is 0 Å². The summed E-state index contributed by atoms with van der Waals surface area (Å²) in [5, 5.41) is 0.346. The zero-order chi connectivity index (χ0) is 8.27. The Morgan fingerprint density at radius 3 is 2.27 bits per heavy atom. The molecule has 2 nitrogen and oxygen atoms in total. The molecule has 0 aromatic heterocycles. The fourth-order valence-electron chi connectivity index (χ4n) is 0.592. The summed E-state index contributed by atoms with van der Waals surface area (Å²) in [6, 6.07) is 4.62. The van der Waals surface area contributed by atoms with E-state index in [0.717, 1.165) is 0 Å². The van der Waals surface area contributed by atoms with Crippen LogP contribution in [0.5, 0.6) is 11.5 Å². The van der Waals surface area contributed by atoms with E-state index in [9.17, 15) is 0 Å². The van der Waals surface area contributed by atoms with Crippen LogP contribution in [0.2, 0.25) is 5.02 Å². The van der Waals surface area contributed by atoms with Crippen LogP contribution in [0, 0.1) is 0 Å². The number of halogens is 3. The second-order valence-electron chi connectivity index (χ2n) is 1.75. The van der Waals surface area contributed by atoms with Crippen molar-refractivity contribution in [2.75, 3.05) is 0 Å². The summed E-state index contributed by atoms with van der Waals surface area (Å²) in [6.07, 6.45) is 0. The first-order valence-corrected chi connectivity index (χ1v) is 3.64. The van der Waals surface area contributed by atoms with Gasteiger partial charge in [-0.25, -0.2) is 0 Å². The van der Waals surface area contributed by atoms with Gasteiger partial charge in [0.15, 0.2) is 5.75 Å². The van der Waals surface area contributed by atoms with E-state index >= 15 is 0 Å². The van der Waals surface area contributed by atoms with Crippen molar-refractivity contribution >= 4 is 35.3 Å². The standard InChI is InChI=1S/C6H3Cl3O2/c7-5-3-4(10-8)1-2-6(5)11-9/h1-3H. The summed E-state index contributed by atoms with van der Waals surface area (Å²) in [4.78, 5) is 0. The molecule has 0 fully saturated rings. The van der Waals surface area contributed by atoms with Crippen LogP contribution in [0.15, 0.2) is 18.2 Å². The lowest BCUT2D eigenvalue weighted by atomic mass is 10.3. The molecule has 0 saturated heterocycles. The third-order valence-corrected chi connectivity index (χ3v) is 1.72. The molecular formula is C6H3Cl3O2. The molecule has 0 heterocycles. The lowest BCUT2D eigenvalue weighted by Gasteiger charge is -2.00. The van der Waals surface area contributed by atoms with Crippen molar-refractivity contribution in [2.45, 2.75) is 0 Å². The van der Waals surface area contributed by atoms with E-state index in [1.54, 1.807) is 12.1 Å². The summed E-state index contributed by atoms with van der Waals surface area (Å²) >= 11 is 15.8. The minimum Gasteiger partial charge on any atom is -0.386 e. The summed E-state index contributed by atoms with van der Waals surface area (Å²) < 4.78 is 8.77. The van der Waals surface area contributed by atoms with Crippen molar-refractivity contribution in [3.63, 3.8) is 0 Å². The molecule has 0 aliphatic rings. The predicted molar refractivity (Wildman–Crippen MR) is 44.4 cm³/mol. The molecule has 0 atom stereocenters. The van der Waals surface area contributed by atoms with E-state index in [-0.39, 0.29) is 0 Å². The smallest absolute Gasteiger partial charge is 0.165 e. The Bertz CT molecular complexity index is 252. The van der Waals surface area contributed by atoms with Gasteiger partial charge in [0.25, 0.3) is 0 Å². The Kier molecular flexibility index (Phi) is 3.12. The molecule has 0 N–H and O–H groups in total. The van der Waals surface area contributed by atoms with Crippen LogP contribution >= 0.6 is 35.3 Å². The number of hydrogen-bond acceptors (Lipinski definition) is 2. The summed E-state index contributed by atoms with van der Waals surface area (Å²) in [6.45, 7) is 0. The molecule has 0 aliphatic heterocycles. The first kappa shape index (κ1) is 8.78. The van der Waals surface area contributed by atoms with Gasteiger partial charge >= 0.3 is 0 Å². The zero-order valence-electron chi connectivity index (χ0n) is 5.18. The molecule has 11 heavy (non-hydrogen) atoms. The minimum atomic E-state index is 0.346. The van der Waals surface area contributed by atoms with Gasteiger partial charge in [0.05, 0.1) is 5.02 Å². The fourth-order valence-corrected chi connectivity index (χ4v) is 1.07. The third kappa shape index (κ3) is 2.06. The van der Waals surface area contributed by atoms with E-state index in [1.165, 1.54) is 6.07 Å². The maximum atomic E-state index is 5.66. The first-order chi connectivity index (χ1) is 5.27. The monoisotopic (exact) mass is 212 g/mol. The summed E-state index contributed by atoms with van der Waals surface area (Å²) in [5.41, 5.74) is 0. The Morgan fingerprint density at radius 2 is 1.82 bits per heavy atom. The van der Waals surface area contributed by atoms with Crippen LogP contribution in [0.1, 0.15) is 0 Å². The molecule has 0 radical (unpaired) electrons. The molecule has 60 valence electrons. The van der Waals surface area contributed by atoms with E-state index < -0.39 is 0 Å². The van der Waals surface area contributed by atoms with Crippen molar-refractivity contribution in [3.05, 3.63) is 23.2 Å². The largest absolute Gasteiger partial charge is 0.386 e. The Balaban J connectivity index is 2.99. The van der Waals surface area contributed by atoms with Crippen LogP contribution < -0.4 is 8.58 Å². The second kappa shape index (κ2) is 3.90. The average molecular weight is 213 g/mol. The highest BCUT2D eigenvalue weighted by atomic mass is 35.5. The highest BCUT2D eigenvalue weighted by Crippen LogP contribution is 2.29. The second-order valence-corrected chi connectivity index (χ2v) is 2.46. The quantitative estimate of drug-likeness (QED) is 0.749. The van der Waals surface area contributed by atoms with Crippen molar-refractivity contribution in [1.82, 2.24) is 0 Å². The van der Waals surface area contributed by atoms with E-state index in [0.29, 0.717) is 16.5 Å². The fraction of sp³-hybridized carbons (Fsp3) is 0. The Hall–Kier alpha value is -0.310. The summed E-state index contributed by atoms with van der Waals surface area (Å²) in [7, 11) is 0. The van der Waals surface area contributed by atoms with Gasteiger partial charge in [-0.15, -0.1) is 0 Å². The zero-order valence-corrected chi connectivity index (χ0v) is 7.45. The van der Waals surface area contributed by atoms with Crippen LogP contribution in [-0.2, 0) is 0 Å². The van der Waals surface area contributed by atoms with Gasteiger partial charge in [0.2, 0.25) is 0 Å². The average Bonchev–Trinajstić information content (AvgIpc) is 2.04. The third-order valence-electron chi connectivity index (χ3n) is 1.08. The van der Waals surface area contributed by atoms with Gasteiger partial charge in [0, 0.05) is 6.07 Å². The Labute approximate surface area is 78.9 Å². The van der Waals surface area contributed by atoms with Gasteiger partial charge in [-0.1, -0.05) is 11.6 Å². The van der Waals surface area contributed by atoms with E-state index in [1.807, 2.05) is 0 Å². The molecule has 1 aromatic carbocycles. The van der Waals surface area contributed by atoms with Gasteiger partial charge in [-0.2, -0.15) is 0 Å². The van der Waals surface area contributed by atoms with Crippen molar-refractivity contribution in [1.29, 1.82) is 0 Å². The van der Waals surface area contributed by atoms with Crippen LogP contribution in [0.3, 0.4) is 0 Å². The molecule has 0 bridgehead atoms. The van der Waals surface area contributed by atoms with Crippen LogP contribution in [0.25, 0.3) is 0 Å². The van der Waals surface area contributed by atoms with Gasteiger partial charge < -0.3 is 8.58 Å². The topological polar surface area (TPSA) is 18.5 Å². The molecule has 0 aliphatic carbocycles. The first-order valence-electron chi connectivity index (χ1n) is 2.64. The van der Waals surface area contributed by atoms with Gasteiger partial charge in [0.1, 0.15) is 29.5 Å². The molecular weight excluding hydrogens is 210 g/mol. The molecule has 0 saturated carbocycles. The van der Waals surface area contributed by atoms with Gasteiger partial charge in [-0.3, -0.25) is 0 Å². The normalized spacial score (nSPS) is 9.36. The molecule has 0 spiro atoms. The molecule has 5 heteroatoms. The maximum Gasteiger partial charge on any atom is 0.165 e. The lowest BCUT2D eigenvalue weighted by Crippen LogP contribution is -1.78. The van der Waals surface area contributed by atoms with Crippen LogP contribution in [-0.4, -0.2) is 0 Å².